The fourth-order valence-corrected chi connectivity index (χ4v) is 4.02. The first kappa shape index (κ1) is 23.8. The van der Waals surface area contributed by atoms with Crippen molar-refractivity contribution in [2.75, 3.05) is 57.8 Å². The highest BCUT2D eigenvalue weighted by molar-refractivity contribution is 5.78. The van der Waals surface area contributed by atoms with Crippen LogP contribution in [-0.2, 0) is 16.0 Å². The zero-order valence-electron chi connectivity index (χ0n) is 19.2. The smallest absolute Gasteiger partial charge is 0.234 e. The van der Waals surface area contributed by atoms with Gasteiger partial charge in [-0.2, -0.15) is 0 Å². The topological polar surface area (TPSA) is 55.9 Å². The van der Waals surface area contributed by atoms with E-state index >= 15 is 0 Å². The number of carbonyl (C=O) groups excluding carboxylic acids is 2. The first-order chi connectivity index (χ1) is 15.6. The maximum absolute atomic E-state index is 12.5. The molecule has 3 rings (SSSR count). The van der Waals surface area contributed by atoms with Crippen molar-refractivity contribution in [2.45, 2.75) is 25.7 Å². The molecule has 0 radical (unpaired) electrons. The summed E-state index contributed by atoms with van der Waals surface area (Å²) in [6.07, 6.45) is 3.31. The number of hydrogen-bond donors (Lipinski definition) is 1. The summed E-state index contributed by atoms with van der Waals surface area (Å²) < 4.78 is 0. The van der Waals surface area contributed by atoms with E-state index in [4.69, 9.17) is 0 Å². The Morgan fingerprint density at radius 1 is 0.906 bits per heavy atom. The molecule has 172 valence electrons. The van der Waals surface area contributed by atoms with E-state index in [2.05, 4.69) is 46.4 Å². The molecule has 1 aliphatic heterocycles. The number of benzene rings is 2. The second kappa shape index (κ2) is 12.9. The second-order valence-electron chi connectivity index (χ2n) is 8.46. The number of anilines is 1. The highest BCUT2D eigenvalue weighted by Crippen LogP contribution is 2.11. The molecule has 0 unspecified atom stereocenters. The molecule has 0 aliphatic carbocycles. The van der Waals surface area contributed by atoms with E-state index in [1.54, 1.807) is 0 Å². The molecule has 0 atom stereocenters. The van der Waals surface area contributed by atoms with Crippen molar-refractivity contribution in [3.05, 3.63) is 66.2 Å². The molecule has 0 spiro atoms. The van der Waals surface area contributed by atoms with E-state index in [-0.39, 0.29) is 11.8 Å². The minimum atomic E-state index is 0.0648. The molecule has 1 aliphatic rings. The lowest BCUT2D eigenvalue weighted by Gasteiger charge is -2.34. The molecular weight excluding hydrogens is 400 g/mol. The Morgan fingerprint density at radius 2 is 1.56 bits per heavy atom. The monoisotopic (exact) mass is 436 g/mol. The molecule has 1 N–H and O–H groups in total. The largest absolute Gasteiger partial charge is 0.375 e. The molecule has 2 amide bonds. The van der Waals surface area contributed by atoms with Gasteiger partial charge in [0.1, 0.15) is 0 Å². The Morgan fingerprint density at radius 3 is 2.25 bits per heavy atom. The molecule has 2 aromatic rings. The molecule has 0 bridgehead atoms. The van der Waals surface area contributed by atoms with Gasteiger partial charge < -0.3 is 15.1 Å². The number of piperazine rings is 1. The van der Waals surface area contributed by atoms with Crippen molar-refractivity contribution in [3.63, 3.8) is 0 Å². The van der Waals surface area contributed by atoms with Crippen molar-refractivity contribution < 1.29 is 9.59 Å². The first-order valence-electron chi connectivity index (χ1n) is 11.7. The van der Waals surface area contributed by atoms with Crippen LogP contribution in [-0.4, -0.2) is 74.5 Å². The molecule has 1 heterocycles. The highest BCUT2D eigenvalue weighted by Gasteiger charge is 2.22. The Bertz CT molecular complexity index is 820. The predicted molar refractivity (Wildman–Crippen MR) is 130 cm³/mol. The standard InChI is InChI=1S/C26H36N4O2/c1-28(24-13-6-3-7-14-24)17-9-16-27-25(31)22-29-18-20-30(21-19-29)26(32)15-8-12-23-10-4-2-5-11-23/h2-7,10-11,13-14H,8-9,12,15-22H2,1H3,(H,27,31). The van der Waals surface area contributed by atoms with E-state index in [0.717, 1.165) is 38.9 Å². The van der Waals surface area contributed by atoms with Crippen LogP contribution in [0.1, 0.15) is 24.8 Å². The quantitative estimate of drug-likeness (QED) is 0.551. The summed E-state index contributed by atoms with van der Waals surface area (Å²) in [6, 6.07) is 20.6. The number of carbonyl (C=O) groups is 2. The van der Waals surface area contributed by atoms with Crippen molar-refractivity contribution in [1.82, 2.24) is 15.1 Å². The molecule has 0 saturated carbocycles. The normalized spacial score (nSPS) is 14.2. The maximum atomic E-state index is 12.5. The van der Waals surface area contributed by atoms with Gasteiger partial charge in [0.25, 0.3) is 0 Å². The SMILES string of the molecule is CN(CCCNC(=O)CN1CCN(C(=O)CCCc2ccccc2)CC1)c1ccccc1. The maximum Gasteiger partial charge on any atom is 0.234 e. The van der Waals surface area contributed by atoms with Crippen LogP contribution in [0.5, 0.6) is 0 Å². The van der Waals surface area contributed by atoms with E-state index < -0.39 is 0 Å². The van der Waals surface area contributed by atoms with Gasteiger partial charge in [-0.3, -0.25) is 14.5 Å². The van der Waals surface area contributed by atoms with Crippen LogP contribution in [0.25, 0.3) is 0 Å². The number of para-hydroxylation sites is 1. The minimum Gasteiger partial charge on any atom is -0.375 e. The average Bonchev–Trinajstić information content (AvgIpc) is 2.83. The molecule has 2 aromatic carbocycles. The lowest BCUT2D eigenvalue weighted by atomic mass is 10.1. The summed E-state index contributed by atoms with van der Waals surface area (Å²) in [5, 5.41) is 3.03. The Hall–Kier alpha value is -2.86. The van der Waals surface area contributed by atoms with E-state index in [0.29, 0.717) is 32.6 Å². The average molecular weight is 437 g/mol. The van der Waals surface area contributed by atoms with Gasteiger partial charge in [-0.1, -0.05) is 48.5 Å². The summed E-state index contributed by atoms with van der Waals surface area (Å²) in [7, 11) is 2.07. The van der Waals surface area contributed by atoms with Crippen LogP contribution < -0.4 is 10.2 Å². The van der Waals surface area contributed by atoms with Crippen LogP contribution >= 0.6 is 0 Å². The van der Waals surface area contributed by atoms with Gasteiger partial charge >= 0.3 is 0 Å². The molecule has 6 nitrogen and oxygen atoms in total. The van der Waals surface area contributed by atoms with Gasteiger partial charge in [-0.25, -0.2) is 0 Å². The van der Waals surface area contributed by atoms with Crippen molar-refractivity contribution >= 4 is 17.5 Å². The van der Waals surface area contributed by atoms with Gasteiger partial charge in [0.15, 0.2) is 0 Å². The number of aryl methyl sites for hydroxylation is 1. The second-order valence-corrected chi connectivity index (χ2v) is 8.46. The summed E-state index contributed by atoms with van der Waals surface area (Å²) in [5.41, 5.74) is 2.47. The number of rotatable bonds is 11. The molecule has 32 heavy (non-hydrogen) atoms. The number of hydrogen-bond acceptors (Lipinski definition) is 4. The van der Waals surface area contributed by atoms with Gasteiger partial charge in [-0.15, -0.1) is 0 Å². The summed E-state index contributed by atoms with van der Waals surface area (Å²) in [4.78, 5) is 31.0. The zero-order chi connectivity index (χ0) is 22.6. The van der Waals surface area contributed by atoms with Gasteiger partial charge in [0.2, 0.25) is 11.8 Å². The summed E-state index contributed by atoms with van der Waals surface area (Å²) in [6.45, 7) is 4.91. The molecule has 1 fully saturated rings. The Balaban J connectivity index is 1.25. The van der Waals surface area contributed by atoms with E-state index in [9.17, 15) is 9.59 Å². The third-order valence-corrected chi connectivity index (χ3v) is 5.98. The zero-order valence-corrected chi connectivity index (χ0v) is 19.2. The third-order valence-electron chi connectivity index (χ3n) is 5.98. The molecule has 0 aromatic heterocycles. The predicted octanol–water partition coefficient (Wildman–Crippen LogP) is 2.80. The first-order valence-corrected chi connectivity index (χ1v) is 11.7. The van der Waals surface area contributed by atoms with Crippen LogP contribution in [0.15, 0.2) is 60.7 Å². The highest BCUT2D eigenvalue weighted by atomic mass is 16.2. The van der Waals surface area contributed by atoms with Crippen LogP contribution in [0, 0.1) is 0 Å². The van der Waals surface area contributed by atoms with Gasteiger partial charge in [-0.05, 0) is 37.0 Å². The number of nitrogens with zero attached hydrogens (tertiary/aromatic N) is 3. The van der Waals surface area contributed by atoms with Gasteiger partial charge in [0.05, 0.1) is 6.54 Å². The lowest BCUT2D eigenvalue weighted by molar-refractivity contribution is -0.133. The fraction of sp³-hybridized carbons (Fsp3) is 0.462. The molecule has 6 heteroatoms. The van der Waals surface area contributed by atoms with E-state index in [1.165, 1.54) is 11.3 Å². The fourth-order valence-electron chi connectivity index (χ4n) is 4.02. The number of amides is 2. The van der Waals surface area contributed by atoms with E-state index in [1.807, 2.05) is 41.3 Å². The Kier molecular flexibility index (Phi) is 9.57. The lowest BCUT2D eigenvalue weighted by Crippen LogP contribution is -2.51. The number of nitrogens with one attached hydrogen (secondary N) is 1. The van der Waals surface area contributed by atoms with Crippen molar-refractivity contribution in [3.8, 4) is 0 Å². The van der Waals surface area contributed by atoms with Crippen molar-refractivity contribution in [2.24, 2.45) is 0 Å². The summed E-state index contributed by atoms with van der Waals surface area (Å²) in [5.74, 6) is 0.294. The summed E-state index contributed by atoms with van der Waals surface area (Å²) >= 11 is 0. The Labute approximate surface area is 192 Å². The van der Waals surface area contributed by atoms with Crippen LogP contribution in [0.3, 0.4) is 0 Å². The third kappa shape index (κ3) is 8.00. The minimum absolute atomic E-state index is 0.0648. The van der Waals surface area contributed by atoms with Crippen molar-refractivity contribution in [1.29, 1.82) is 0 Å². The van der Waals surface area contributed by atoms with Crippen LogP contribution in [0.2, 0.25) is 0 Å². The van der Waals surface area contributed by atoms with Gasteiger partial charge in [0, 0.05) is 58.4 Å². The van der Waals surface area contributed by atoms with Crippen LogP contribution in [0.4, 0.5) is 5.69 Å². The molecule has 1 saturated heterocycles. The molecular formula is C26H36N4O2.